The van der Waals surface area contributed by atoms with Crippen molar-refractivity contribution in [2.75, 3.05) is 12.0 Å². The minimum atomic E-state index is -0.146. The first-order chi connectivity index (χ1) is 16.3. The number of amides is 1. The molecule has 0 aromatic heterocycles. The molecule has 1 aliphatic heterocycles. The molecule has 3 aromatic rings. The van der Waals surface area contributed by atoms with Gasteiger partial charge in [-0.05, 0) is 82.9 Å². The van der Waals surface area contributed by atoms with E-state index in [0.717, 1.165) is 22.4 Å². The molecule has 8 heteroatoms. The Morgan fingerprint density at radius 1 is 1.12 bits per heavy atom. The zero-order valence-corrected chi connectivity index (χ0v) is 22.7. The SMILES string of the molecule is COc1cc(C=C2SC(=S)N(c3ccc(C)c(C)c3)C2=O)cc(Br)c1OCc1ccccc1Cl. The molecule has 0 atom stereocenters. The highest BCUT2D eigenvalue weighted by Crippen LogP contribution is 2.40. The lowest BCUT2D eigenvalue weighted by Crippen LogP contribution is -2.27. The zero-order chi connectivity index (χ0) is 24.4. The molecule has 1 saturated heterocycles. The number of aryl methyl sites for hydroxylation is 2. The Bertz CT molecular complexity index is 1330. The summed E-state index contributed by atoms with van der Waals surface area (Å²) in [5.74, 6) is 0.951. The molecule has 0 N–H and O–H groups in total. The number of ether oxygens (including phenoxy) is 2. The van der Waals surface area contributed by atoms with E-state index >= 15 is 0 Å². The summed E-state index contributed by atoms with van der Waals surface area (Å²) in [5.41, 5.74) is 4.71. The second kappa shape index (κ2) is 10.5. The van der Waals surface area contributed by atoms with Gasteiger partial charge in [-0.2, -0.15) is 0 Å². The summed E-state index contributed by atoms with van der Waals surface area (Å²) in [6, 6.07) is 17.1. The molecule has 0 aliphatic carbocycles. The molecule has 4 rings (SSSR count). The predicted molar refractivity (Wildman–Crippen MR) is 148 cm³/mol. The molecule has 0 spiro atoms. The highest BCUT2D eigenvalue weighted by atomic mass is 79.9. The van der Waals surface area contributed by atoms with Crippen LogP contribution in [-0.4, -0.2) is 17.3 Å². The molecule has 1 amide bonds. The van der Waals surface area contributed by atoms with Crippen molar-refractivity contribution < 1.29 is 14.3 Å². The van der Waals surface area contributed by atoms with Gasteiger partial charge in [0.15, 0.2) is 15.8 Å². The number of rotatable bonds is 6. The number of hydrogen-bond acceptors (Lipinski definition) is 5. The van der Waals surface area contributed by atoms with Gasteiger partial charge in [-0.15, -0.1) is 0 Å². The first-order valence-electron chi connectivity index (χ1n) is 10.4. The standard InChI is InChI=1S/C26H21BrClNO3S2/c1-15-8-9-19(10-16(15)2)29-25(30)23(34-26(29)33)13-17-11-20(27)24(22(12-17)31-3)32-14-18-6-4-5-7-21(18)28/h4-13H,14H2,1-3H3. The van der Waals surface area contributed by atoms with Crippen LogP contribution in [-0.2, 0) is 11.4 Å². The van der Waals surface area contributed by atoms with E-state index in [0.29, 0.717) is 36.8 Å². The summed E-state index contributed by atoms with van der Waals surface area (Å²) >= 11 is 16.6. The van der Waals surface area contributed by atoms with Crippen molar-refractivity contribution in [2.24, 2.45) is 0 Å². The fourth-order valence-electron chi connectivity index (χ4n) is 3.43. The number of thiocarbonyl (C=S) groups is 1. The number of nitrogens with zero attached hydrogens (tertiary/aromatic N) is 1. The van der Waals surface area contributed by atoms with Crippen LogP contribution >= 0.6 is 51.5 Å². The van der Waals surface area contributed by atoms with Crippen LogP contribution in [0.5, 0.6) is 11.5 Å². The normalized spacial score (nSPS) is 14.7. The van der Waals surface area contributed by atoms with E-state index in [4.69, 9.17) is 33.3 Å². The van der Waals surface area contributed by atoms with Crippen LogP contribution in [0.2, 0.25) is 5.02 Å². The van der Waals surface area contributed by atoms with Gasteiger partial charge < -0.3 is 9.47 Å². The van der Waals surface area contributed by atoms with Crippen LogP contribution in [0.25, 0.3) is 6.08 Å². The van der Waals surface area contributed by atoms with Crippen molar-refractivity contribution >= 4 is 73.5 Å². The van der Waals surface area contributed by atoms with Gasteiger partial charge in [0, 0.05) is 10.6 Å². The van der Waals surface area contributed by atoms with E-state index in [2.05, 4.69) is 15.9 Å². The molecule has 1 fully saturated rings. The first-order valence-corrected chi connectivity index (χ1v) is 12.8. The second-order valence-corrected chi connectivity index (χ2v) is 10.6. The molecule has 0 unspecified atom stereocenters. The highest BCUT2D eigenvalue weighted by Gasteiger charge is 2.33. The van der Waals surface area contributed by atoms with Crippen LogP contribution in [0.15, 0.2) is 64.0 Å². The molecule has 3 aromatic carbocycles. The molecule has 0 saturated carbocycles. The predicted octanol–water partition coefficient (Wildman–Crippen LogP) is 7.71. The van der Waals surface area contributed by atoms with Crippen molar-refractivity contribution in [2.45, 2.75) is 20.5 Å². The summed E-state index contributed by atoms with van der Waals surface area (Å²) in [5, 5.41) is 0.639. The van der Waals surface area contributed by atoms with Crippen molar-refractivity contribution in [3.63, 3.8) is 0 Å². The fourth-order valence-corrected chi connectivity index (χ4v) is 5.50. The first kappa shape index (κ1) is 24.8. The lowest BCUT2D eigenvalue weighted by atomic mass is 10.1. The van der Waals surface area contributed by atoms with E-state index < -0.39 is 0 Å². The van der Waals surface area contributed by atoms with E-state index in [-0.39, 0.29) is 5.91 Å². The number of halogens is 2. The number of carbonyl (C=O) groups is 1. The van der Waals surface area contributed by atoms with Crippen LogP contribution < -0.4 is 14.4 Å². The lowest BCUT2D eigenvalue weighted by molar-refractivity contribution is -0.113. The Morgan fingerprint density at radius 3 is 2.59 bits per heavy atom. The molecule has 0 bridgehead atoms. The number of hydrogen-bond donors (Lipinski definition) is 0. The average Bonchev–Trinajstić information content (AvgIpc) is 3.08. The van der Waals surface area contributed by atoms with Crippen LogP contribution in [0.3, 0.4) is 0 Å². The number of thioether (sulfide) groups is 1. The van der Waals surface area contributed by atoms with E-state index in [1.165, 1.54) is 17.3 Å². The third-order valence-electron chi connectivity index (χ3n) is 5.42. The Hall–Kier alpha value is -2.32. The van der Waals surface area contributed by atoms with Crippen molar-refractivity contribution in [3.8, 4) is 11.5 Å². The Morgan fingerprint density at radius 2 is 1.88 bits per heavy atom. The quantitative estimate of drug-likeness (QED) is 0.223. The second-order valence-electron chi connectivity index (χ2n) is 7.70. The van der Waals surface area contributed by atoms with Crippen molar-refractivity contribution in [1.29, 1.82) is 0 Å². The number of carbonyl (C=O) groups excluding carboxylic acids is 1. The van der Waals surface area contributed by atoms with Crippen LogP contribution in [0.1, 0.15) is 22.3 Å². The van der Waals surface area contributed by atoms with Gasteiger partial charge >= 0.3 is 0 Å². The summed E-state index contributed by atoms with van der Waals surface area (Å²) < 4.78 is 12.8. The van der Waals surface area contributed by atoms with Crippen LogP contribution in [0, 0.1) is 13.8 Å². The maximum Gasteiger partial charge on any atom is 0.270 e. The van der Waals surface area contributed by atoms with Gasteiger partial charge in [0.05, 0.1) is 22.2 Å². The van der Waals surface area contributed by atoms with Gasteiger partial charge in [0.2, 0.25) is 0 Å². The molecule has 1 aliphatic rings. The van der Waals surface area contributed by atoms with Gasteiger partial charge in [-0.1, -0.05) is 59.8 Å². The third kappa shape index (κ3) is 5.18. The summed E-state index contributed by atoms with van der Waals surface area (Å²) in [6.45, 7) is 4.35. The van der Waals surface area contributed by atoms with E-state index in [1.54, 1.807) is 12.0 Å². The molecular weight excluding hydrogens is 554 g/mol. The Labute approximate surface area is 222 Å². The minimum Gasteiger partial charge on any atom is -0.493 e. The van der Waals surface area contributed by atoms with E-state index in [1.807, 2.05) is 74.5 Å². The Balaban J connectivity index is 1.59. The molecule has 1 heterocycles. The van der Waals surface area contributed by atoms with Gasteiger partial charge in [0.25, 0.3) is 5.91 Å². The van der Waals surface area contributed by atoms with Gasteiger partial charge in [-0.25, -0.2) is 0 Å². The Kier molecular flexibility index (Phi) is 7.67. The van der Waals surface area contributed by atoms with Crippen molar-refractivity contribution in [3.05, 3.63) is 91.3 Å². The molecule has 174 valence electrons. The minimum absolute atomic E-state index is 0.146. The summed E-state index contributed by atoms with van der Waals surface area (Å²) in [4.78, 5) is 15.3. The molecule has 34 heavy (non-hydrogen) atoms. The molecular formula is C26H21BrClNO3S2. The largest absolute Gasteiger partial charge is 0.493 e. The summed E-state index contributed by atoms with van der Waals surface area (Å²) in [6.07, 6.45) is 1.81. The lowest BCUT2D eigenvalue weighted by Gasteiger charge is -2.16. The number of methoxy groups -OCH3 is 1. The number of anilines is 1. The van der Waals surface area contributed by atoms with Gasteiger partial charge in [0.1, 0.15) is 6.61 Å². The fraction of sp³-hybridized carbons (Fsp3) is 0.154. The monoisotopic (exact) mass is 573 g/mol. The third-order valence-corrected chi connectivity index (χ3v) is 7.68. The molecule has 0 radical (unpaired) electrons. The number of benzene rings is 3. The highest BCUT2D eigenvalue weighted by molar-refractivity contribution is 9.10. The van der Waals surface area contributed by atoms with E-state index in [9.17, 15) is 4.79 Å². The maximum absolute atomic E-state index is 13.2. The van der Waals surface area contributed by atoms with Gasteiger partial charge in [-0.3, -0.25) is 9.69 Å². The van der Waals surface area contributed by atoms with Crippen LogP contribution in [0.4, 0.5) is 5.69 Å². The topological polar surface area (TPSA) is 38.8 Å². The van der Waals surface area contributed by atoms with Crippen molar-refractivity contribution in [1.82, 2.24) is 0 Å². The average molecular weight is 575 g/mol. The zero-order valence-electron chi connectivity index (χ0n) is 18.7. The smallest absolute Gasteiger partial charge is 0.270 e. The summed E-state index contributed by atoms with van der Waals surface area (Å²) in [7, 11) is 1.58. The molecule has 4 nitrogen and oxygen atoms in total. The maximum atomic E-state index is 13.2.